The first kappa shape index (κ1) is 22.3. The van der Waals surface area contributed by atoms with Gasteiger partial charge in [-0.25, -0.2) is 0 Å². The van der Waals surface area contributed by atoms with Crippen LogP contribution in [0, 0.1) is 0 Å². The maximum Gasteiger partial charge on any atom is 0.573 e. The summed E-state index contributed by atoms with van der Waals surface area (Å²) in [5.74, 6) is -2.22. The number of ether oxygens (including phenoxy) is 1. The van der Waals surface area contributed by atoms with Gasteiger partial charge in [0.15, 0.2) is 0 Å². The number of rotatable bonds is 9. The number of nitrogens with one attached hydrogen (secondary N) is 1. The van der Waals surface area contributed by atoms with Crippen LogP contribution in [0.15, 0.2) is 24.3 Å². The molecule has 0 bridgehead atoms. The van der Waals surface area contributed by atoms with Crippen molar-refractivity contribution in [3.05, 3.63) is 29.8 Å². The summed E-state index contributed by atoms with van der Waals surface area (Å²) in [4.78, 5) is 35.9. The van der Waals surface area contributed by atoms with Gasteiger partial charge in [0.2, 0.25) is 11.8 Å². The van der Waals surface area contributed by atoms with Crippen LogP contribution >= 0.6 is 0 Å². The van der Waals surface area contributed by atoms with Crippen molar-refractivity contribution < 1.29 is 37.4 Å². The summed E-state index contributed by atoms with van der Waals surface area (Å²) in [6.45, 7) is 0. The Kier molecular flexibility index (Phi) is 8.07. The number of hydrogen-bond donors (Lipinski definition) is 2. The van der Waals surface area contributed by atoms with E-state index in [4.69, 9.17) is 5.11 Å². The molecular formula is C17H21F3N2O5. The van der Waals surface area contributed by atoms with Crippen LogP contribution in [0.2, 0.25) is 0 Å². The summed E-state index contributed by atoms with van der Waals surface area (Å²) in [5, 5.41) is 11.5. The topological polar surface area (TPSA) is 95.9 Å². The van der Waals surface area contributed by atoms with Crippen molar-refractivity contribution in [2.75, 3.05) is 14.1 Å². The largest absolute Gasteiger partial charge is 0.573 e. The molecule has 10 heteroatoms. The van der Waals surface area contributed by atoms with Crippen molar-refractivity contribution in [3.8, 4) is 5.75 Å². The lowest BCUT2D eigenvalue weighted by Gasteiger charge is -2.18. The van der Waals surface area contributed by atoms with Crippen LogP contribution in [0.25, 0.3) is 0 Å². The van der Waals surface area contributed by atoms with E-state index >= 15 is 0 Å². The minimum absolute atomic E-state index is 0.0188. The number of hydrogen-bond acceptors (Lipinski definition) is 4. The first-order valence-corrected chi connectivity index (χ1v) is 8.05. The zero-order valence-corrected chi connectivity index (χ0v) is 14.9. The molecule has 0 aromatic heterocycles. The molecule has 7 nitrogen and oxygen atoms in total. The fraction of sp³-hybridized carbons (Fsp3) is 0.471. The fourth-order valence-electron chi connectivity index (χ4n) is 2.22. The minimum atomic E-state index is -4.83. The molecule has 1 rings (SSSR count). The molecule has 1 aromatic carbocycles. The molecule has 1 unspecified atom stereocenters. The number of amides is 2. The van der Waals surface area contributed by atoms with Gasteiger partial charge in [0.1, 0.15) is 5.75 Å². The van der Waals surface area contributed by atoms with E-state index in [0.717, 1.165) is 12.1 Å². The fourth-order valence-corrected chi connectivity index (χ4v) is 2.22. The molecule has 0 radical (unpaired) electrons. The van der Waals surface area contributed by atoms with Gasteiger partial charge in [-0.2, -0.15) is 0 Å². The first-order valence-electron chi connectivity index (χ1n) is 8.05. The molecule has 0 fully saturated rings. The normalized spacial score (nSPS) is 12.2. The van der Waals surface area contributed by atoms with Crippen LogP contribution < -0.4 is 10.1 Å². The van der Waals surface area contributed by atoms with E-state index in [1.165, 1.54) is 17.0 Å². The van der Waals surface area contributed by atoms with E-state index in [2.05, 4.69) is 10.1 Å². The molecule has 0 saturated heterocycles. The highest BCUT2D eigenvalue weighted by Gasteiger charge is 2.31. The van der Waals surface area contributed by atoms with Gasteiger partial charge >= 0.3 is 12.3 Å². The third-order valence-electron chi connectivity index (χ3n) is 3.52. The average Bonchev–Trinajstić information content (AvgIpc) is 2.52. The first-order chi connectivity index (χ1) is 12.5. The Morgan fingerprint density at radius 2 is 1.74 bits per heavy atom. The summed E-state index contributed by atoms with van der Waals surface area (Å²) in [6, 6.07) is 3.67. The Balaban J connectivity index is 2.71. The summed E-state index contributed by atoms with van der Waals surface area (Å²) in [7, 11) is 3.19. The Morgan fingerprint density at radius 3 is 2.22 bits per heavy atom. The predicted molar refractivity (Wildman–Crippen MR) is 88.8 cm³/mol. The molecular weight excluding hydrogens is 369 g/mol. The number of alkyl halides is 3. The Hall–Kier alpha value is -2.78. The molecule has 1 aromatic rings. The maximum absolute atomic E-state index is 12.2. The van der Waals surface area contributed by atoms with E-state index in [1.807, 2.05) is 0 Å². The highest BCUT2D eigenvalue weighted by atomic mass is 19.4. The number of carboxylic acids is 1. The van der Waals surface area contributed by atoms with Crippen molar-refractivity contribution in [2.24, 2.45) is 0 Å². The van der Waals surface area contributed by atoms with E-state index in [9.17, 15) is 27.6 Å². The maximum atomic E-state index is 12.2. The van der Waals surface area contributed by atoms with Crippen molar-refractivity contribution in [1.29, 1.82) is 0 Å². The standard InChI is InChI=1S/C17H21F3N2O5/c1-22(2)15(24)5-3-4-14(23)21-13(10-16(25)26)11-6-8-12(9-7-11)27-17(18,19)20/h6-9,13H,3-5,10H2,1-2H3,(H,21,23)(H,25,26). The van der Waals surface area contributed by atoms with Crippen LogP contribution in [0.3, 0.4) is 0 Å². The monoisotopic (exact) mass is 390 g/mol. The molecule has 0 spiro atoms. The van der Waals surface area contributed by atoms with Gasteiger partial charge in [0.05, 0.1) is 12.5 Å². The number of aliphatic carboxylic acids is 1. The molecule has 150 valence electrons. The molecule has 0 saturated carbocycles. The number of carbonyl (C=O) groups is 3. The van der Waals surface area contributed by atoms with Crippen LogP contribution in [0.5, 0.6) is 5.75 Å². The van der Waals surface area contributed by atoms with Gasteiger partial charge in [-0.1, -0.05) is 12.1 Å². The Morgan fingerprint density at radius 1 is 1.15 bits per heavy atom. The number of benzene rings is 1. The Labute approximate surface area is 154 Å². The van der Waals surface area contributed by atoms with Gasteiger partial charge in [0.25, 0.3) is 0 Å². The molecule has 0 aliphatic rings. The highest BCUT2D eigenvalue weighted by molar-refractivity contribution is 5.79. The zero-order chi connectivity index (χ0) is 20.6. The van der Waals surface area contributed by atoms with E-state index in [1.54, 1.807) is 14.1 Å². The number of carboxylic acid groups (broad SMARTS) is 1. The van der Waals surface area contributed by atoms with Crippen LogP contribution in [0.4, 0.5) is 13.2 Å². The molecule has 0 aliphatic heterocycles. The minimum Gasteiger partial charge on any atom is -0.481 e. The second-order valence-corrected chi connectivity index (χ2v) is 5.98. The number of carbonyl (C=O) groups excluding carboxylic acids is 2. The van der Waals surface area contributed by atoms with Crippen LogP contribution in [-0.4, -0.2) is 48.2 Å². The second-order valence-electron chi connectivity index (χ2n) is 5.98. The van der Waals surface area contributed by atoms with Gasteiger partial charge in [-0.3, -0.25) is 14.4 Å². The van der Waals surface area contributed by atoms with Crippen molar-refractivity contribution in [2.45, 2.75) is 38.1 Å². The van der Waals surface area contributed by atoms with Crippen molar-refractivity contribution >= 4 is 17.8 Å². The Bertz CT molecular complexity index is 660. The van der Waals surface area contributed by atoms with E-state index in [-0.39, 0.29) is 18.7 Å². The van der Waals surface area contributed by atoms with Crippen molar-refractivity contribution in [3.63, 3.8) is 0 Å². The van der Waals surface area contributed by atoms with Crippen LogP contribution in [-0.2, 0) is 14.4 Å². The molecule has 1 atom stereocenters. The highest BCUT2D eigenvalue weighted by Crippen LogP contribution is 2.25. The molecule has 0 aliphatic carbocycles. The molecule has 0 heterocycles. The third-order valence-corrected chi connectivity index (χ3v) is 3.52. The quantitative estimate of drug-likeness (QED) is 0.675. The average molecular weight is 390 g/mol. The lowest BCUT2D eigenvalue weighted by atomic mass is 10.0. The molecule has 27 heavy (non-hydrogen) atoms. The number of halogens is 3. The number of nitrogens with zero attached hydrogens (tertiary/aromatic N) is 1. The SMILES string of the molecule is CN(C)C(=O)CCCC(=O)NC(CC(=O)O)c1ccc(OC(F)(F)F)cc1. The molecule has 2 amide bonds. The van der Waals surface area contributed by atoms with Gasteiger partial charge in [0, 0.05) is 26.9 Å². The second kappa shape index (κ2) is 9.79. The van der Waals surface area contributed by atoms with Gasteiger partial charge < -0.3 is 20.1 Å². The summed E-state index contributed by atoms with van der Waals surface area (Å²) >= 11 is 0. The lowest BCUT2D eigenvalue weighted by Crippen LogP contribution is -2.30. The third kappa shape index (κ3) is 8.93. The van der Waals surface area contributed by atoms with E-state index in [0.29, 0.717) is 12.0 Å². The van der Waals surface area contributed by atoms with Gasteiger partial charge in [-0.15, -0.1) is 13.2 Å². The molecule has 2 N–H and O–H groups in total. The zero-order valence-electron chi connectivity index (χ0n) is 14.9. The van der Waals surface area contributed by atoms with Crippen LogP contribution in [0.1, 0.15) is 37.3 Å². The van der Waals surface area contributed by atoms with Crippen molar-refractivity contribution in [1.82, 2.24) is 10.2 Å². The summed E-state index contributed by atoms with van der Waals surface area (Å²) < 4.78 is 40.3. The summed E-state index contributed by atoms with van der Waals surface area (Å²) in [6.07, 6.45) is -4.79. The van der Waals surface area contributed by atoms with E-state index < -0.39 is 36.5 Å². The predicted octanol–water partition coefficient (Wildman–Crippen LogP) is 2.48. The smallest absolute Gasteiger partial charge is 0.481 e. The lowest BCUT2D eigenvalue weighted by molar-refractivity contribution is -0.274. The summed E-state index contributed by atoms with van der Waals surface area (Å²) in [5.41, 5.74) is 0.324. The van der Waals surface area contributed by atoms with Gasteiger partial charge in [-0.05, 0) is 24.1 Å².